The first-order valence-corrected chi connectivity index (χ1v) is 7.71. The van der Waals surface area contributed by atoms with E-state index in [1.807, 2.05) is 0 Å². The molecule has 0 spiro atoms. The zero-order chi connectivity index (χ0) is 19.1. The molecule has 10 heteroatoms. The van der Waals surface area contributed by atoms with Gasteiger partial charge in [0.1, 0.15) is 0 Å². The summed E-state index contributed by atoms with van der Waals surface area (Å²) in [6.07, 6.45) is -9.11. The van der Waals surface area contributed by atoms with Crippen molar-refractivity contribution in [2.75, 3.05) is 20.1 Å². The summed E-state index contributed by atoms with van der Waals surface area (Å²) in [4.78, 5) is 3.80. The van der Waals surface area contributed by atoms with Crippen LogP contribution in [0.2, 0.25) is 0 Å². The molecule has 0 aliphatic rings. The maximum atomic E-state index is 12.7. The molecule has 1 unspecified atom stereocenters. The largest absolute Gasteiger partial charge is 0.416 e. The molecule has 3 nitrogen and oxygen atoms in total. The van der Waals surface area contributed by atoms with E-state index in [1.54, 1.807) is 13.0 Å². The average Bonchev–Trinajstić information content (AvgIpc) is 2.51. The van der Waals surface area contributed by atoms with Crippen LogP contribution < -0.4 is 10.6 Å². The Bertz CT molecular complexity index is 572. The molecule has 0 amide bonds. The van der Waals surface area contributed by atoms with Gasteiger partial charge in [0, 0.05) is 20.1 Å². The summed E-state index contributed by atoms with van der Waals surface area (Å²) >= 11 is 0. The summed E-state index contributed by atoms with van der Waals surface area (Å²) < 4.78 is 74.4. The van der Waals surface area contributed by atoms with Crippen LogP contribution in [-0.2, 0) is 6.18 Å². The molecule has 0 aliphatic carbocycles. The van der Waals surface area contributed by atoms with E-state index >= 15 is 0 Å². The zero-order valence-corrected chi connectivity index (χ0v) is 16.7. The second-order valence-corrected chi connectivity index (χ2v) is 5.60. The second-order valence-electron chi connectivity index (χ2n) is 5.60. The lowest BCUT2D eigenvalue weighted by Crippen LogP contribution is -2.39. The number of alkyl halides is 6. The van der Waals surface area contributed by atoms with Crippen LogP contribution >= 0.6 is 24.0 Å². The first-order chi connectivity index (χ1) is 11.5. The fraction of sp³-hybridized carbons (Fsp3) is 0.562. The molecule has 2 N–H and O–H groups in total. The highest BCUT2D eigenvalue weighted by atomic mass is 127. The van der Waals surface area contributed by atoms with E-state index in [9.17, 15) is 26.3 Å². The van der Waals surface area contributed by atoms with Crippen LogP contribution in [-0.4, -0.2) is 32.3 Å². The Hall–Kier alpha value is -1.20. The number of aliphatic imine (C=N–C) groups is 1. The van der Waals surface area contributed by atoms with Crippen LogP contribution in [0.4, 0.5) is 26.3 Å². The smallest absolute Gasteiger partial charge is 0.356 e. The Labute approximate surface area is 165 Å². The maximum absolute atomic E-state index is 12.7. The van der Waals surface area contributed by atoms with Gasteiger partial charge in [0.15, 0.2) is 5.96 Å². The molecule has 0 saturated carbocycles. The monoisotopic (exact) mass is 497 g/mol. The van der Waals surface area contributed by atoms with Gasteiger partial charge in [-0.05, 0) is 24.0 Å². The molecule has 1 atom stereocenters. The second kappa shape index (κ2) is 10.8. The molecular weight excluding hydrogens is 475 g/mol. The van der Waals surface area contributed by atoms with E-state index in [0.717, 1.165) is 12.1 Å². The molecule has 0 aromatic heterocycles. The molecule has 0 bridgehead atoms. The van der Waals surface area contributed by atoms with Crippen molar-refractivity contribution in [3.8, 4) is 0 Å². The number of nitrogens with zero attached hydrogens (tertiary/aromatic N) is 1. The van der Waals surface area contributed by atoms with Crippen molar-refractivity contribution in [3.63, 3.8) is 0 Å². The number of benzene rings is 1. The van der Waals surface area contributed by atoms with Crippen molar-refractivity contribution < 1.29 is 26.3 Å². The lowest BCUT2D eigenvalue weighted by atomic mass is 9.96. The molecule has 26 heavy (non-hydrogen) atoms. The highest BCUT2D eigenvalue weighted by Crippen LogP contribution is 2.31. The fourth-order valence-corrected chi connectivity index (χ4v) is 2.14. The molecule has 150 valence electrons. The van der Waals surface area contributed by atoms with Crippen molar-refractivity contribution >= 4 is 29.9 Å². The third-order valence-corrected chi connectivity index (χ3v) is 3.58. The minimum absolute atomic E-state index is 0. The fourth-order valence-electron chi connectivity index (χ4n) is 2.14. The predicted octanol–water partition coefficient (Wildman–Crippen LogP) is 4.93. The van der Waals surface area contributed by atoms with E-state index in [2.05, 4.69) is 15.6 Å². The molecular formula is C16H22F6IN3. The summed E-state index contributed by atoms with van der Waals surface area (Å²) in [5, 5.41) is 5.39. The molecule has 0 heterocycles. The molecule has 1 rings (SSSR count). The minimum atomic E-state index is -4.39. The van der Waals surface area contributed by atoms with Gasteiger partial charge in [-0.15, -0.1) is 24.0 Å². The summed E-state index contributed by atoms with van der Waals surface area (Å²) in [5.41, 5.74) is -0.147. The maximum Gasteiger partial charge on any atom is 0.416 e. The SMILES string of the molecule is CN=C(NCCC(C)c1cccc(C(F)(F)F)c1)NCCC(F)(F)F.I. The van der Waals surface area contributed by atoms with Gasteiger partial charge in [0.2, 0.25) is 0 Å². The van der Waals surface area contributed by atoms with Crippen molar-refractivity contribution in [3.05, 3.63) is 35.4 Å². The van der Waals surface area contributed by atoms with Gasteiger partial charge in [0.05, 0.1) is 12.0 Å². The highest BCUT2D eigenvalue weighted by Gasteiger charge is 2.30. The van der Waals surface area contributed by atoms with E-state index in [0.29, 0.717) is 18.5 Å². The standard InChI is InChI=1S/C16H21F6N3.HI/c1-11(12-4-3-5-13(10-12)16(20,21)22)6-8-24-14(23-2)25-9-7-15(17,18)19;/h3-5,10-11H,6-9H2,1-2H3,(H2,23,24,25);1H. The molecule has 0 radical (unpaired) electrons. The summed E-state index contributed by atoms with van der Waals surface area (Å²) in [5.74, 6) is 0.0728. The zero-order valence-electron chi connectivity index (χ0n) is 14.3. The van der Waals surface area contributed by atoms with Gasteiger partial charge in [-0.2, -0.15) is 26.3 Å². The third-order valence-electron chi connectivity index (χ3n) is 3.58. The van der Waals surface area contributed by atoms with Crippen molar-refractivity contribution in [2.45, 2.75) is 38.0 Å². The molecule has 0 saturated heterocycles. The van der Waals surface area contributed by atoms with E-state index < -0.39 is 24.3 Å². The van der Waals surface area contributed by atoms with Crippen LogP contribution in [0.15, 0.2) is 29.3 Å². The Balaban J connectivity index is 0.00000625. The van der Waals surface area contributed by atoms with Crippen LogP contribution in [0.1, 0.15) is 36.8 Å². The number of hydrogen-bond acceptors (Lipinski definition) is 1. The Morgan fingerprint density at radius 3 is 2.23 bits per heavy atom. The average molecular weight is 497 g/mol. The lowest BCUT2D eigenvalue weighted by Gasteiger charge is -2.16. The first-order valence-electron chi connectivity index (χ1n) is 7.71. The van der Waals surface area contributed by atoms with Crippen molar-refractivity contribution in [1.29, 1.82) is 0 Å². The number of guanidine groups is 1. The lowest BCUT2D eigenvalue weighted by molar-refractivity contribution is -0.137. The van der Waals surface area contributed by atoms with Crippen LogP contribution in [0, 0.1) is 0 Å². The number of nitrogens with one attached hydrogen (secondary N) is 2. The van der Waals surface area contributed by atoms with Gasteiger partial charge in [-0.3, -0.25) is 4.99 Å². The number of rotatable bonds is 6. The molecule has 1 aromatic carbocycles. The highest BCUT2D eigenvalue weighted by molar-refractivity contribution is 14.0. The molecule has 1 aromatic rings. The van der Waals surface area contributed by atoms with Gasteiger partial charge in [-0.25, -0.2) is 0 Å². The van der Waals surface area contributed by atoms with Crippen LogP contribution in [0.5, 0.6) is 0 Å². The minimum Gasteiger partial charge on any atom is -0.356 e. The van der Waals surface area contributed by atoms with Gasteiger partial charge < -0.3 is 10.6 Å². The Morgan fingerprint density at radius 1 is 1.08 bits per heavy atom. The van der Waals surface area contributed by atoms with Crippen LogP contribution in [0.3, 0.4) is 0 Å². The van der Waals surface area contributed by atoms with E-state index in [4.69, 9.17) is 0 Å². The summed E-state index contributed by atoms with van der Waals surface area (Å²) in [6, 6.07) is 5.11. The molecule has 0 fully saturated rings. The Kier molecular flexibility index (Phi) is 10.3. The van der Waals surface area contributed by atoms with Gasteiger partial charge >= 0.3 is 12.4 Å². The van der Waals surface area contributed by atoms with E-state index in [-0.39, 0.29) is 42.4 Å². The first kappa shape index (κ1) is 24.8. The van der Waals surface area contributed by atoms with E-state index in [1.165, 1.54) is 13.1 Å². The molecule has 0 aliphatic heterocycles. The summed E-state index contributed by atoms with van der Waals surface area (Å²) in [6.45, 7) is 1.85. The van der Waals surface area contributed by atoms with Crippen molar-refractivity contribution in [2.24, 2.45) is 4.99 Å². The number of halogens is 7. The quantitative estimate of drug-likeness (QED) is 0.253. The van der Waals surface area contributed by atoms with Gasteiger partial charge in [0.25, 0.3) is 0 Å². The van der Waals surface area contributed by atoms with Crippen molar-refractivity contribution in [1.82, 2.24) is 10.6 Å². The van der Waals surface area contributed by atoms with Crippen LogP contribution in [0.25, 0.3) is 0 Å². The van der Waals surface area contributed by atoms with Gasteiger partial charge in [-0.1, -0.05) is 25.1 Å². The summed E-state index contributed by atoms with van der Waals surface area (Å²) in [7, 11) is 1.43. The predicted molar refractivity (Wildman–Crippen MR) is 99.9 cm³/mol. The topological polar surface area (TPSA) is 36.4 Å². The number of hydrogen-bond donors (Lipinski definition) is 2. The third kappa shape index (κ3) is 9.48. The normalized spacial score (nSPS) is 13.8. The Morgan fingerprint density at radius 2 is 1.69 bits per heavy atom.